The molecule has 2 atom stereocenters. The third kappa shape index (κ3) is 2.40. The molecule has 4 nitrogen and oxygen atoms in total. The van der Waals surface area contributed by atoms with Crippen LogP contribution in [0.3, 0.4) is 0 Å². The van der Waals surface area contributed by atoms with Gasteiger partial charge >= 0.3 is 0 Å². The molecule has 112 valence electrons. The molecule has 0 radical (unpaired) electrons. The molecule has 1 aliphatic rings. The normalized spacial score (nSPS) is 25.4. The monoisotopic (exact) mass is 304 g/mol. The molecular formula is C16H20N2O2S. The largest absolute Gasteiger partial charge is 0.397 e. The quantitative estimate of drug-likeness (QED) is 0.896. The van der Waals surface area contributed by atoms with Gasteiger partial charge in [0.15, 0.2) is 0 Å². The van der Waals surface area contributed by atoms with Crippen LogP contribution in [-0.4, -0.2) is 24.2 Å². The minimum absolute atomic E-state index is 0.0132. The summed E-state index contributed by atoms with van der Waals surface area (Å²) >= 11 is 1.45. The minimum atomic E-state index is -0.324. The maximum atomic E-state index is 12.6. The fraction of sp³-hybridized carbons (Fsp3) is 0.438. The highest BCUT2D eigenvalue weighted by molar-refractivity contribution is 7.21. The topological polar surface area (TPSA) is 64.3 Å². The summed E-state index contributed by atoms with van der Waals surface area (Å²) in [5, 5.41) is 4.07. The SMILES string of the molecule is Cc1ccc2sc(C(=O)NC3(C)CCOC3C)c(N)c2c1. The maximum Gasteiger partial charge on any atom is 0.264 e. The highest BCUT2D eigenvalue weighted by Crippen LogP contribution is 2.35. The average Bonchev–Trinajstić information content (AvgIpc) is 2.92. The number of carbonyl (C=O) groups excluding carboxylic acids is 1. The van der Waals surface area contributed by atoms with Crippen LogP contribution in [0.25, 0.3) is 10.1 Å². The van der Waals surface area contributed by atoms with Gasteiger partial charge < -0.3 is 15.8 Å². The van der Waals surface area contributed by atoms with Gasteiger partial charge in [-0.3, -0.25) is 4.79 Å². The third-order valence-corrected chi connectivity index (χ3v) is 5.56. The minimum Gasteiger partial charge on any atom is -0.397 e. The number of nitrogen functional groups attached to an aromatic ring is 1. The summed E-state index contributed by atoms with van der Waals surface area (Å²) in [6.45, 7) is 6.72. The van der Waals surface area contributed by atoms with E-state index in [0.717, 1.165) is 22.1 Å². The summed E-state index contributed by atoms with van der Waals surface area (Å²) in [7, 11) is 0. The first-order valence-electron chi connectivity index (χ1n) is 7.13. The Bertz CT molecular complexity index is 710. The Labute approximate surface area is 128 Å². The summed E-state index contributed by atoms with van der Waals surface area (Å²) in [4.78, 5) is 13.2. The van der Waals surface area contributed by atoms with Gasteiger partial charge in [-0.1, -0.05) is 11.6 Å². The maximum absolute atomic E-state index is 12.6. The average molecular weight is 304 g/mol. The van der Waals surface area contributed by atoms with E-state index in [1.807, 2.05) is 39.0 Å². The Balaban J connectivity index is 1.93. The Kier molecular flexibility index (Phi) is 3.42. The van der Waals surface area contributed by atoms with E-state index < -0.39 is 0 Å². The van der Waals surface area contributed by atoms with Gasteiger partial charge in [-0.25, -0.2) is 0 Å². The molecule has 0 bridgehead atoms. The number of hydrogen-bond acceptors (Lipinski definition) is 4. The number of ether oxygens (including phenoxy) is 1. The van der Waals surface area contributed by atoms with Gasteiger partial charge in [0.1, 0.15) is 4.88 Å². The second-order valence-corrected chi connectivity index (χ2v) is 7.03. The molecular weight excluding hydrogens is 284 g/mol. The molecule has 1 aliphatic heterocycles. The van der Waals surface area contributed by atoms with Crippen LogP contribution >= 0.6 is 11.3 Å². The molecule has 0 saturated carbocycles. The van der Waals surface area contributed by atoms with E-state index in [0.29, 0.717) is 17.2 Å². The van der Waals surface area contributed by atoms with Gasteiger partial charge in [0, 0.05) is 16.7 Å². The number of carbonyl (C=O) groups is 1. The molecule has 3 N–H and O–H groups in total. The van der Waals surface area contributed by atoms with Gasteiger partial charge in [-0.15, -0.1) is 11.3 Å². The van der Waals surface area contributed by atoms with Crippen LogP contribution in [0, 0.1) is 6.92 Å². The fourth-order valence-electron chi connectivity index (χ4n) is 2.71. The molecule has 2 heterocycles. The number of amides is 1. The zero-order valence-electron chi connectivity index (χ0n) is 12.5. The molecule has 1 saturated heterocycles. The third-order valence-electron chi connectivity index (χ3n) is 4.37. The number of benzene rings is 1. The smallest absolute Gasteiger partial charge is 0.264 e. The lowest BCUT2D eigenvalue weighted by Crippen LogP contribution is -2.50. The van der Waals surface area contributed by atoms with Gasteiger partial charge in [-0.05, 0) is 39.3 Å². The second kappa shape index (κ2) is 5.00. The van der Waals surface area contributed by atoms with Gasteiger partial charge in [0.05, 0.1) is 17.3 Å². The van der Waals surface area contributed by atoms with E-state index in [-0.39, 0.29) is 17.6 Å². The van der Waals surface area contributed by atoms with Crippen molar-refractivity contribution in [2.24, 2.45) is 0 Å². The molecule has 1 amide bonds. The molecule has 1 aromatic carbocycles. The molecule has 21 heavy (non-hydrogen) atoms. The van der Waals surface area contributed by atoms with E-state index in [4.69, 9.17) is 10.5 Å². The fourth-order valence-corrected chi connectivity index (χ4v) is 3.71. The molecule has 5 heteroatoms. The van der Waals surface area contributed by atoms with Crippen molar-refractivity contribution in [2.45, 2.75) is 38.8 Å². The van der Waals surface area contributed by atoms with Crippen LogP contribution in [0.15, 0.2) is 18.2 Å². The van der Waals surface area contributed by atoms with Crippen molar-refractivity contribution >= 4 is 33.0 Å². The van der Waals surface area contributed by atoms with E-state index in [9.17, 15) is 4.79 Å². The van der Waals surface area contributed by atoms with Crippen molar-refractivity contribution in [3.05, 3.63) is 28.6 Å². The zero-order valence-corrected chi connectivity index (χ0v) is 13.3. The summed E-state index contributed by atoms with van der Waals surface area (Å²) in [5.74, 6) is -0.105. The number of nitrogens with two attached hydrogens (primary N) is 1. The van der Waals surface area contributed by atoms with Crippen molar-refractivity contribution in [1.82, 2.24) is 5.32 Å². The molecule has 0 spiro atoms. The first-order valence-corrected chi connectivity index (χ1v) is 7.95. The zero-order chi connectivity index (χ0) is 15.2. The Hall–Kier alpha value is -1.59. The molecule has 1 fully saturated rings. The van der Waals surface area contributed by atoms with Crippen LogP contribution < -0.4 is 11.1 Å². The second-order valence-electron chi connectivity index (χ2n) is 5.98. The van der Waals surface area contributed by atoms with Gasteiger partial charge in [0.25, 0.3) is 5.91 Å². The van der Waals surface area contributed by atoms with Crippen LogP contribution in [0.2, 0.25) is 0 Å². The standard InChI is InChI=1S/C16H20N2O2S/c1-9-4-5-12-11(8-9)13(17)14(21-12)15(19)18-16(3)6-7-20-10(16)2/h4-5,8,10H,6-7,17H2,1-3H3,(H,18,19). The van der Waals surface area contributed by atoms with E-state index >= 15 is 0 Å². The lowest BCUT2D eigenvalue weighted by atomic mass is 9.94. The number of thiophene rings is 1. The van der Waals surface area contributed by atoms with Crippen LogP contribution in [0.4, 0.5) is 5.69 Å². The Morgan fingerprint density at radius 2 is 2.29 bits per heavy atom. The van der Waals surface area contributed by atoms with Crippen molar-refractivity contribution < 1.29 is 9.53 Å². The van der Waals surface area contributed by atoms with Crippen molar-refractivity contribution in [2.75, 3.05) is 12.3 Å². The molecule has 3 rings (SSSR count). The summed E-state index contributed by atoms with van der Waals surface area (Å²) in [6, 6.07) is 6.08. The molecule has 1 aromatic heterocycles. The van der Waals surface area contributed by atoms with Crippen LogP contribution in [0.5, 0.6) is 0 Å². The van der Waals surface area contributed by atoms with Gasteiger partial charge in [-0.2, -0.15) is 0 Å². The molecule has 2 aromatic rings. The van der Waals surface area contributed by atoms with Crippen molar-refractivity contribution in [3.63, 3.8) is 0 Å². The number of rotatable bonds is 2. The van der Waals surface area contributed by atoms with E-state index in [2.05, 4.69) is 5.32 Å². The lowest BCUT2D eigenvalue weighted by molar-refractivity contribution is 0.0731. The van der Waals surface area contributed by atoms with E-state index in [1.165, 1.54) is 11.3 Å². The highest BCUT2D eigenvalue weighted by Gasteiger charge is 2.39. The van der Waals surface area contributed by atoms with Crippen molar-refractivity contribution in [3.8, 4) is 0 Å². The van der Waals surface area contributed by atoms with E-state index in [1.54, 1.807) is 0 Å². The summed E-state index contributed by atoms with van der Waals surface area (Å²) in [6.07, 6.45) is 0.836. The summed E-state index contributed by atoms with van der Waals surface area (Å²) < 4.78 is 6.61. The highest BCUT2D eigenvalue weighted by atomic mass is 32.1. The predicted octanol–water partition coefficient (Wildman–Crippen LogP) is 3.09. The number of aryl methyl sites for hydroxylation is 1. The van der Waals surface area contributed by atoms with Crippen LogP contribution in [0.1, 0.15) is 35.5 Å². The number of anilines is 1. The first-order chi connectivity index (χ1) is 9.90. The van der Waals surface area contributed by atoms with Crippen molar-refractivity contribution in [1.29, 1.82) is 0 Å². The Morgan fingerprint density at radius 3 is 2.95 bits per heavy atom. The van der Waals surface area contributed by atoms with Gasteiger partial charge in [0.2, 0.25) is 0 Å². The first kappa shape index (κ1) is 14.4. The number of hydrogen-bond donors (Lipinski definition) is 2. The predicted molar refractivity (Wildman–Crippen MR) is 86.9 cm³/mol. The lowest BCUT2D eigenvalue weighted by Gasteiger charge is -2.28. The number of nitrogens with one attached hydrogen (secondary N) is 1. The Morgan fingerprint density at radius 1 is 1.52 bits per heavy atom. The van der Waals surface area contributed by atoms with Crippen LogP contribution in [-0.2, 0) is 4.74 Å². The molecule has 0 aliphatic carbocycles. The number of fused-ring (bicyclic) bond motifs is 1. The molecule has 2 unspecified atom stereocenters. The summed E-state index contributed by atoms with van der Waals surface area (Å²) in [5.41, 5.74) is 7.57.